The molecule has 112 valence electrons. The Morgan fingerprint density at radius 2 is 1.79 bits per heavy atom. The molecule has 0 aromatic rings. The van der Waals surface area contributed by atoms with Gasteiger partial charge in [0.15, 0.2) is 0 Å². The lowest BCUT2D eigenvalue weighted by Crippen LogP contribution is -2.57. The highest BCUT2D eigenvalue weighted by Crippen LogP contribution is 2.31. The van der Waals surface area contributed by atoms with E-state index in [0.717, 1.165) is 12.0 Å². The molecule has 3 aliphatic rings. The van der Waals surface area contributed by atoms with Crippen molar-refractivity contribution in [3.63, 3.8) is 0 Å². The lowest BCUT2D eigenvalue weighted by Gasteiger charge is -2.47. The van der Waals surface area contributed by atoms with Gasteiger partial charge in [0.2, 0.25) is 0 Å². The molecule has 2 atom stereocenters. The minimum atomic E-state index is 0.704. The van der Waals surface area contributed by atoms with Crippen LogP contribution in [-0.4, -0.2) is 30.2 Å². The number of nitrogens with one attached hydrogen (secondary N) is 1. The van der Waals surface area contributed by atoms with E-state index in [1.165, 1.54) is 77.3 Å². The van der Waals surface area contributed by atoms with Crippen LogP contribution in [0.25, 0.3) is 0 Å². The van der Waals surface area contributed by atoms with Crippen molar-refractivity contribution in [1.82, 2.24) is 10.2 Å². The second-order valence-electron chi connectivity index (χ2n) is 6.73. The Labute approximate surface area is 120 Å². The molecule has 2 heteroatoms. The smallest absolute Gasteiger partial charge is 0.0601 e. The summed E-state index contributed by atoms with van der Waals surface area (Å²) in [5.74, 6) is 1.02. The van der Waals surface area contributed by atoms with Crippen molar-refractivity contribution < 1.29 is 0 Å². The number of piperidine rings is 3. The summed E-state index contributed by atoms with van der Waals surface area (Å²) in [6.45, 7) is 7.32. The van der Waals surface area contributed by atoms with Gasteiger partial charge in [0.25, 0.3) is 0 Å². The Morgan fingerprint density at radius 1 is 1.00 bits per heavy atom. The van der Waals surface area contributed by atoms with E-state index in [2.05, 4.69) is 24.1 Å². The summed E-state index contributed by atoms with van der Waals surface area (Å²) in [7, 11) is 0. The minimum absolute atomic E-state index is 0.704. The fraction of sp³-hybridized carbons (Fsp3) is 1.00. The molecular weight excluding hydrogens is 232 g/mol. The Kier molecular flexibility index (Phi) is 6.66. The maximum absolute atomic E-state index is 3.99. The topological polar surface area (TPSA) is 15.3 Å². The molecule has 0 radical (unpaired) electrons. The first-order valence-corrected chi connectivity index (χ1v) is 8.83. The van der Waals surface area contributed by atoms with Gasteiger partial charge in [-0.25, -0.2) is 0 Å². The van der Waals surface area contributed by atoms with Gasteiger partial charge in [-0.3, -0.25) is 10.2 Å². The first kappa shape index (κ1) is 15.3. The summed E-state index contributed by atoms with van der Waals surface area (Å²) in [6.07, 6.45) is 14.7. The van der Waals surface area contributed by atoms with Crippen LogP contribution in [0.15, 0.2) is 0 Å². The fourth-order valence-electron chi connectivity index (χ4n) is 3.89. The van der Waals surface area contributed by atoms with Crippen LogP contribution in [0.4, 0.5) is 0 Å². The molecule has 3 aliphatic heterocycles. The maximum atomic E-state index is 3.99. The molecule has 1 N–H and O–H groups in total. The molecule has 3 heterocycles. The SMILES string of the molecule is CCCCCCC(CCC)NC1CC2CCN1CC2. The van der Waals surface area contributed by atoms with Crippen LogP contribution in [0, 0.1) is 5.92 Å². The van der Waals surface area contributed by atoms with E-state index in [1.54, 1.807) is 0 Å². The quantitative estimate of drug-likeness (QED) is 0.631. The number of hydrogen-bond acceptors (Lipinski definition) is 2. The predicted octanol–water partition coefficient (Wildman–Crippen LogP) is 4.16. The van der Waals surface area contributed by atoms with E-state index in [1.807, 2.05) is 0 Å². The molecule has 3 rings (SSSR count). The maximum Gasteiger partial charge on any atom is 0.0601 e. The Bertz CT molecular complexity index is 233. The molecule has 0 amide bonds. The second-order valence-corrected chi connectivity index (χ2v) is 6.73. The van der Waals surface area contributed by atoms with Crippen molar-refractivity contribution in [2.24, 2.45) is 5.92 Å². The molecule has 19 heavy (non-hydrogen) atoms. The van der Waals surface area contributed by atoms with Gasteiger partial charge in [0.05, 0.1) is 6.17 Å². The summed E-state index contributed by atoms with van der Waals surface area (Å²) in [5, 5.41) is 3.99. The third-order valence-electron chi connectivity index (χ3n) is 5.12. The summed E-state index contributed by atoms with van der Waals surface area (Å²) in [4.78, 5) is 2.70. The van der Waals surface area contributed by atoms with Crippen LogP contribution < -0.4 is 5.32 Å². The molecule has 2 nitrogen and oxygen atoms in total. The average molecular weight is 266 g/mol. The van der Waals surface area contributed by atoms with Crippen molar-refractivity contribution in [2.45, 2.75) is 90.3 Å². The fourth-order valence-corrected chi connectivity index (χ4v) is 3.89. The van der Waals surface area contributed by atoms with Gasteiger partial charge < -0.3 is 0 Å². The van der Waals surface area contributed by atoms with Gasteiger partial charge in [0.1, 0.15) is 0 Å². The van der Waals surface area contributed by atoms with Crippen molar-refractivity contribution in [1.29, 1.82) is 0 Å². The van der Waals surface area contributed by atoms with Gasteiger partial charge in [-0.2, -0.15) is 0 Å². The molecule has 0 spiro atoms. The van der Waals surface area contributed by atoms with Crippen LogP contribution >= 0.6 is 0 Å². The van der Waals surface area contributed by atoms with E-state index in [0.29, 0.717) is 6.17 Å². The standard InChI is InChI=1S/C17H34N2/c1-3-5-6-7-9-16(8-4-2)18-17-14-15-10-12-19(17)13-11-15/h15-18H,3-14H2,1-2H3. The molecule has 0 aromatic carbocycles. The zero-order valence-corrected chi connectivity index (χ0v) is 13.2. The van der Waals surface area contributed by atoms with Crippen LogP contribution in [0.5, 0.6) is 0 Å². The number of fused-ring (bicyclic) bond motifs is 3. The predicted molar refractivity (Wildman–Crippen MR) is 83.3 cm³/mol. The zero-order valence-electron chi connectivity index (χ0n) is 13.2. The van der Waals surface area contributed by atoms with Gasteiger partial charge >= 0.3 is 0 Å². The zero-order chi connectivity index (χ0) is 13.5. The molecule has 0 aromatic heterocycles. The molecule has 3 fully saturated rings. The van der Waals surface area contributed by atoms with Gasteiger partial charge in [-0.15, -0.1) is 0 Å². The monoisotopic (exact) mass is 266 g/mol. The second kappa shape index (κ2) is 8.26. The highest BCUT2D eigenvalue weighted by Gasteiger charge is 2.34. The normalized spacial score (nSPS) is 31.6. The van der Waals surface area contributed by atoms with Gasteiger partial charge in [0, 0.05) is 6.04 Å². The molecule has 2 bridgehead atoms. The first-order chi connectivity index (χ1) is 9.33. The van der Waals surface area contributed by atoms with E-state index in [-0.39, 0.29) is 0 Å². The van der Waals surface area contributed by atoms with Crippen molar-refractivity contribution in [3.05, 3.63) is 0 Å². The van der Waals surface area contributed by atoms with E-state index >= 15 is 0 Å². The van der Waals surface area contributed by atoms with Crippen LogP contribution in [-0.2, 0) is 0 Å². The van der Waals surface area contributed by atoms with Crippen LogP contribution in [0.1, 0.15) is 78.1 Å². The molecule has 0 saturated carbocycles. The van der Waals surface area contributed by atoms with Gasteiger partial charge in [-0.1, -0.05) is 46.0 Å². The molecule has 3 saturated heterocycles. The Morgan fingerprint density at radius 3 is 2.37 bits per heavy atom. The number of unbranched alkanes of at least 4 members (excludes halogenated alkanes) is 3. The third kappa shape index (κ3) is 4.75. The number of nitrogens with zero attached hydrogens (tertiary/aromatic N) is 1. The van der Waals surface area contributed by atoms with Crippen LogP contribution in [0.2, 0.25) is 0 Å². The van der Waals surface area contributed by atoms with Crippen molar-refractivity contribution >= 4 is 0 Å². The van der Waals surface area contributed by atoms with E-state index < -0.39 is 0 Å². The number of hydrogen-bond donors (Lipinski definition) is 1. The highest BCUT2D eigenvalue weighted by molar-refractivity contribution is 4.88. The van der Waals surface area contributed by atoms with Gasteiger partial charge in [-0.05, 0) is 51.1 Å². The Hall–Kier alpha value is -0.0800. The summed E-state index contributed by atoms with van der Waals surface area (Å²) in [6, 6.07) is 0.770. The molecule has 2 unspecified atom stereocenters. The average Bonchev–Trinajstić information content (AvgIpc) is 2.45. The summed E-state index contributed by atoms with van der Waals surface area (Å²) in [5.41, 5.74) is 0. The third-order valence-corrected chi connectivity index (χ3v) is 5.12. The summed E-state index contributed by atoms with van der Waals surface area (Å²) < 4.78 is 0. The summed E-state index contributed by atoms with van der Waals surface area (Å²) >= 11 is 0. The van der Waals surface area contributed by atoms with Crippen molar-refractivity contribution in [2.75, 3.05) is 13.1 Å². The molecular formula is C17H34N2. The van der Waals surface area contributed by atoms with E-state index in [9.17, 15) is 0 Å². The first-order valence-electron chi connectivity index (χ1n) is 8.83. The molecule has 0 aliphatic carbocycles. The van der Waals surface area contributed by atoms with Crippen LogP contribution in [0.3, 0.4) is 0 Å². The van der Waals surface area contributed by atoms with Crippen molar-refractivity contribution in [3.8, 4) is 0 Å². The number of rotatable bonds is 9. The minimum Gasteiger partial charge on any atom is -0.299 e. The lowest BCUT2D eigenvalue weighted by atomic mass is 9.86. The largest absolute Gasteiger partial charge is 0.299 e. The Balaban J connectivity index is 1.72. The van der Waals surface area contributed by atoms with E-state index in [4.69, 9.17) is 0 Å². The highest BCUT2D eigenvalue weighted by atomic mass is 15.3. The lowest BCUT2D eigenvalue weighted by molar-refractivity contribution is 0.0232.